The number of unbranched alkanes of at least 4 members (excludes halogenated alkanes) is 1. The molecule has 1 N–H and O–H groups in total. The maximum absolute atomic E-state index is 14.6. The molecule has 0 bridgehead atoms. The van der Waals surface area contributed by atoms with E-state index < -0.39 is 5.97 Å². The Balaban J connectivity index is 1.59. The third-order valence-corrected chi connectivity index (χ3v) is 7.70. The van der Waals surface area contributed by atoms with Crippen molar-refractivity contribution >= 4 is 23.1 Å². The van der Waals surface area contributed by atoms with E-state index in [4.69, 9.17) is 4.74 Å². The van der Waals surface area contributed by atoms with Crippen molar-refractivity contribution in [3.05, 3.63) is 89.6 Å². The number of ether oxygens (including phenoxy) is 1. The van der Waals surface area contributed by atoms with Gasteiger partial charge in [0.25, 0.3) is 5.91 Å². The second kappa shape index (κ2) is 12.8. The molecule has 1 aliphatic heterocycles. The maximum atomic E-state index is 14.6. The Bertz CT molecular complexity index is 1580. The number of hydrogen-bond donors (Lipinski definition) is 1. The van der Waals surface area contributed by atoms with E-state index in [0.29, 0.717) is 28.9 Å². The summed E-state index contributed by atoms with van der Waals surface area (Å²) in [5.74, 6) is -0.0391. The van der Waals surface area contributed by atoms with Gasteiger partial charge in [0.05, 0.1) is 17.7 Å². The Morgan fingerprint density at radius 3 is 2.26 bits per heavy atom. The SMILES string of the molecule is CCCCC1N(C)C(CC)=C(c2ccccc2C(=O)OCC)C(=O)N1c1ccc(-c2ccccc2-c2nn[nH]n2)cc1. The lowest BCUT2D eigenvalue weighted by Crippen LogP contribution is -2.54. The summed E-state index contributed by atoms with van der Waals surface area (Å²) in [6, 6.07) is 23.1. The zero-order valence-electron chi connectivity index (χ0n) is 24.5. The number of nitrogens with one attached hydrogen (secondary N) is 1. The first kappa shape index (κ1) is 28.7. The van der Waals surface area contributed by atoms with Crippen LogP contribution in [0.1, 0.15) is 62.4 Å². The van der Waals surface area contributed by atoms with E-state index in [2.05, 4.69) is 39.4 Å². The minimum atomic E-state index is -0.434. The van der Waals surface area contributed by atoms with Gasteiger partial charge < -0.3 is 9.64 Å². The van der Waals surface area contributed by atoms with Gasteiger partial charge >= 0.3 is 5.97 Å². The highest BCUT2D eigenvalue weighted by Gasteiger charge is 2.39. The summed E-state index contributed by atoms with van der Waals surface area (Å²) in [4.78, 5) is 31.6. The number of nitrogens with zero attached hydrogens (tertiary/aromatic N) is 5. The molecule has 0 spiro atoms. The molecule has 0 saturated heterocycles. The van der Waals surface area contributed by atoms with Crippen molar-refractivity contribution in [1.82, 2.24) is 25.5 Å². The van der Waals surface area contributed by atoms with E-state index in [9.17, 15) is 9.59 Å². The first-order valence-electron chi connectivity index (χ1n) is 14.5. The summed E-state index contributed by atoms with van der Waals surface area (Å²) in [5.41, 5.74) is 6.02. The molecule has 1 amide bonds. The average molecular weight is 565 g/mol. The molecule has 5 rings (SSSR count). The number of allylic oxidation sites excluding steroid dienone is 1. The fourth-order valence-corrected chi connectivity index (χ4v) is 5.70. The van der Waals surface area contributed by atoms with Crippen LogP contribution in [0.5, 0.6) is 0 Å². The summed E-state index contributed by atoms with van der Waals surface area (Å²) in [6.07, 6.45) is 3.29. The van der Waals surface area contributed by atoms with E-state index in [1.807, 2.05) is 72.6 Å². The number of carbonyl (C=O) groups is 2. The molecule has 3 aromatic carbocycles. The molecule has 9 nitrogen and oxygen atoms in total. The highest BCUT2D eigenvalue weighted by molar-refractivity contribution is 6.29. The number of aromatic nitrogens is 4. The van der Waals surface area contributed by atoms with Gasteiger partial charge in [0.1, 0.15) is 6.17 Å². The Morgan fingerprint density at radius 2 is 1.62 bits per heavy atom. The van der Waals surface area contributed by atoms with E-state index >= 15 is 0 Å². The largest absolute Gasteiger partial charge is 0.462 e. The van der Waals surface area contributed by atoms with Crippen LogP contribution in [0, 0.1) is 0 Å². The first-order valence-corrected chi connectivity index (χ1v) is 14.5. The third-order valence-electron chi connectivity index (χ3n) is 7.70. The minimum Gasteiger partial charge on any atom is -0.462 e. The summed E-state index contributed by atoms with van der Waals surface area (Å²) in [5, 5.41) is 14.6. The number of anilines is 1. The summed E-state index contributed by atoms with van der Waals surface area (Å²) in [6.45, 7) is 6.24. The molecule has 4 aromatic rings. The monoisotopic (exact) mass is 564 g/mol. The average Bonchev–Trinajstić information content (AvgIpc) is 3.56. The van der Waals surface area contributed by atoms with Crippen LogP contribution >= 0.6 is 0 Å². The molecular weight excluding hydrogens is 528 g/mol. The Hall–Kier alpha value is -4.79. The van der Waals surface area contributed by atoms with E-state index in [0.717, 1.165) is 47.3 Å². The van der Waals surface area contributed by atoms with Crippen LogP contribution in [0.3, 0.4) is 0 Å². The molecule has 1 atom stereocenters. The number of hydrogen-bond acceptors (Lipinski definition) is 7. The van der Waals surface area contributed by atoms with Gasteiger partial charge in [0.15, 0.2) is 0 Å². The first-order chi connectivity index (χ1) is 20.5. The van der Waals surface area contributed by atoms with Gasteiger partial charge in [-0.2, -0.15) is 5.21 Å². The molecule has 0 saturated carbocycles. The standard InChI is InChI=1S/C33H36N6O3/c1-5-8-17-29-38(4)28(6-2)30(25-14-10-12-16-27(25)33(41)42-7-3)32(40)39(29)23-20-18-22(19-21-23)24-13-9-11-15-26(24)31-34-36-37-35-31/h9-16,18-21,29H,5-8,17H2,1-4H3,(H,34,35,36,37). The molecule has 0 aliphatic carbocycles. The smallest absolute Gasteiger partial charge is 0.338 e. The third kappa shape index (κ3) is 5.42. The van der Waals surface area contributed by atoms with Crippen molar-refractivity contribution in [2.24, 2.45) is 0 Å². The van der Waals surface area contributed by atoms with Gasteiger partial charge in [0, 0.05) is 29.6 Å². The zero-order valence-corrected chi connectivity index (χ0v) is 24.5. The molecule has 1 aliphatic rings. The number of amides is 1. The molecule has 0 fully saturated rings. The molecule has 42 heavy (non-hydrogen) atoms. The molecule has 1 aromatic heterocycles. The lowest BCUT2D eigenvalue weighted by molar-refractivity contribution is -0.115. The maximum Gasteiger partial charge on any atom is 0.338 e. The number of benzene rings is 3. The molecule has 0 radical (unpaired) electrons. The van der Waals surface area contributed by atoms with E-state index in [-0.39, 0.29) is 18.7 Å². The summed E-state index contributed by atoms with van der Waals surface area (Å²) >= 11 is 0. The van der Waals surface area contributed by atoms with E-state index in [1.165, 1.54) is 0 Å². The van der Waals surface area contributed by atoms with Gasteiger partial charge in [-0.15, -0.1) is 10.2 Å². The highest BCUT2D eigenvalue weighted by atomic mass is 16.5. The summed E-state index contributed by atoms with van der Waals surface area (Å²) in [7, 11) is 2.04. The van der Waals surface area contributed by atoms with Crippen molar-refractivity contribution in [2.75, 3.05) is 18.6 Å². The van der Waals surface area contributed by atoms with Gasteiger partial charge in [-0.25, -0.2) is 4.79 Å². The van der Waals surface area contributed by atoms with Crippen LogP contribution in [-0.2, 0) is 9.53 Å². The van der Waals surface area contributed by atoms with Crippen molar-refractivity contribution in [2.45, 2.75) is 52.6 Å². The highest BCUT2D eigenvalue weighted by Crippen LogP contribution is 2.39. The van der Waals surface area contributed by atoms with Crippen LogP contribution in [0.2, 0.25) is 0 Å². The van der Waals surface area contributed by atoms with Crippen molar-refractivity contribution < 1.29 is 14.3 Å². The van der Waals surface area contributed by atoms with Crippen molar-refractivity contribution in [3.8, 4) is 22.5 Å². The van der Waals surface area contributed by atoms with Crippen LogP contribution in [0.25, 0.3) is 28.1 Å². The minimum absolute atomic E-state index is 0.122. The topological polar surface area (TPSA) is 104 Å². The Morgan fingerprint density at radius 1 is 0.929 bits per heavy atom. The Kier molecular flexibility index (Phi) is 8.76. The van der Waals surface area contributed by atoms with Crippen LogP contribution < -0.4 is 4.90 Å². The van der Waals surface area contributed by atoms with Crippen molar-refractivity contribution in [1.29, 1.82) is 0 Å². The number of H-pyrrole nitrogens is 1. The number of rotatable bonds is 10. The Labute approximate surface area is 246 Å². The fourth-order valence-electron chi connectivity index (χ4n) is 5.70. The molecular formula is C33H36N6O3. The fraction of sp³-hybridized carbons (Fsp3) is 0.303. The summed E-state index contributed by atoms with van der Waals surface area (Å²) < 4.78 is 5.35. The van der Waals surface area contributed by atoms with Crippen LogP contribution in [0.4, 0.5) is 5.69 Å². The quantitative estimate of drug-likeness (QED) is 0.225. The van der Waals surface area contributed by atoms with Gasteiger partial charge in [-0.05, 0) is 60.7 Å². The van der Waals surface area contributed by atoms with Gasteiger partial charge in [0.2, 0.25) is 5.82 Å². The van der Waals surface area contributed by atoms with Gasteiger partial charge in [-0.3, -0.25) is 9.69 Å². The lowest BCUT2D eigenvalue weighted by atomic mass is 9.92. The number of esters is 1. The predicted molar refractivity (Wildman–Crippen MR) is 163 cm³/mol. The number of tetrazole rings is 1. The number of carbonyl (C=O) groups excluding carboxylic acids is 2. The molecule has 2 heterocycles. The zero-order chi connectivity index (χ0) is 29.6. The second-order valence-corrected chi connectivity index (χ2v) is 10.2. The normalized spacial score (nSPS) is 15.3. The number of aromatic amines is 1. The van der Waals surface area contributed by atoms with Crippen molar-refractivity contribution in [3.63, 3.8) is 0 Å². The lowest BCUT2D eigenvalue weighted by Gasteiger charge is -2.45. The molecule has 1 unspecified atom stereocenters. The van der Waals surface area contributed by atoms with Crippen LogP contribution in [-0.4, -0.2) is 57.2 Å². The second-order valence-electron chi connectivity index (χ2n) is 10.2. The van der Waals surface area contributed by atoms with Crippen LogP contribution in [0.15, 0.2) is 78.5 Å². The van der Waals surface area contributed by atoms with Gasteiger partial charge in [-0.1, -0.05) is 74.9 Å². The predicted octanol–water partition coefficient (Wildman–Crippen LogP) is 6.33. The molecule has 9 heteroatoms. The van der Waals surface area contributed by atoms with E-state index in [1.54, 1.807) is 19.1 Å². The molecule has 216 valence electrons.